The van der Waals surface area contributed by atoms with Gasteiger partial charge in [-0.25, -0.2) is 0 Å². The van der Waals surface area contributed by atoms with Crippen LogP contribution in [0.15, 0.2) is 11.6 Å². The van der Waals surface area contributed by atoms with Crippen molar-refractivity contribution in [1.82, 2.24) is 14.7 Å². The number of unbranched alkanes of at least 4 members (excludes halogenated alkanes) is 4. The summed E-state index contributed by atoms with van der Waals surface area (Å²) in [6.07, 6.45) is 13.2. The Balaban J connectivity index is 1.42. The van der Waals surface area contributed by atoms with Gasteiger partial charge in [0, 0.05) is 58.7 Å². The number of allylic oxidation sites excluding steroid dienone is 1. The summed E-state index contributed by atoms with van der Waals surface area (Å²) < 4.78 is 0. The molecule has 0 N–H and O–H groups in total. The van der Waals surface area contributed by atoms with Crippen LogP contribution in [0.5, 0.6) is 0 Å². The van der Waals surface area contributed by atoms with Crippen molar-refractivity contribution in [2.75, 3.05) is 45.8 Å². The van der Waals surface area contributed by atoms with E-state index in [1.165, 1.54) is 44.1 Å². The van der Waals surface area contributed by atoms with E-state index in [1.807, 2.05) is 0 Å². The molecular formula is C28H49N3O2. The van der Waals surface area contributed by atoms with Gasteiger partial charge in [-0.05, 0) is 42.9 Å². The van der Waals surface area contributed by atoms with Crippen molar-refractivity contribution < 1.29 is 9.59 Å². The zero-order chi connectivity index (χ0) is 23.8. The first-order chi connectivity index (χ1) is 15.9. The van der Waals surface area contributed by atoms with Gasteiger partial charge in [-0.15, -0.1) is 0 Å². The van der Waals surface area contributed by atoms with Gasteiger partial charge in [-0.2, -0.15) is 0 Å². The second-order valence-corrected chi connectivity index (χ2v) is 11.3. The van der Waals surface area contributed by atoms with E-state index >= 15 is 0 Å². The Bertz CT molecular complexity index is 679. The summed E-state index contributed by atoms with van der Waals surface area (Å²) in [6, 6.07) is 0. The van der Waals surface area contributed by atoms with Crippen molar-refractivity contribution in [3.63, 3.8) is 0 Å². The van der Waals surface area contributed by atoms with Crippen LogP contribution in [0.4, 0.5) is 0 Å². The minimum absolute atomic E-state index is 0.300. The third-order valence-corrected chi connectivity index (χ3v) is 8.68. The zero-order valence-electron chi connectivity index (χ0n) is 21.9. The molecule has 2 bridgehead atoms. The lowest BCUT2D eigenvalue weighted by Crippen LogP contribution is -2.52. The second kappa shape index (κ2) is 12.4. The van der Waals surface area contributed by atoms with Gasteiger partial charge in [-0.3, -0.25) is 14.5 Å². The molecule has 2 unspecified atom stereocenters. The maximum atomic E-state index is 12.9. The lowest BCUT2D eigenvalue weighted by Gasteiger charge is -2.57. The van der Waals surface area contributed by atoms with E-state index in [9.17, 15) is 9.59 Å². The third kappa shape index (κ3) is 6.83. The van der Waals surface area contributed by atoms with Crippen molar-refractivity contribution in [3.8, 4) is 0 Å². The average molecular weight is 460 g/mol. The Morgan fingerprint density at radius 2 is 1.73 bits per heavy atom. The van der Waals surface area contributed by atoms with Gasteiger partial charge in [0.2, 0.25) is 11.8 Å². The van der Waals surface area contributed by atoms with Crippen LogP contribution in [0.1, 0.15) is 91.9 Å². The van der Waals surface area contributed by atoms with Crippen molar-refractivity contribution in [1.29, 1.82) is 0 Å². The zero-order valence-corrected chi connectivity index (χ0v) is 21.9. The van der Waals surface area contributed by atoms with Crippen molar-refractivity contribution in [2.24, 2.45) is 17.3 Å². The maximum absolute atomic E-state index is 12.9. The molecule has 1 saturated heterocycles. The Morgan fingerprint density at radius 1 is 1.00 bits per heavy atom. The van der Waals surface area contributed by atoms with E-state index in [-0.39, 0.29) is 0 Å². The van der Waals surface area contributed by atoms with Crippen LogP contribution in [0.25, 0.3) is 0 Å². The fraction of sp³-hybridized carbons (Fsp3) is 0.857. The van der Waals surface area contributed by atoms with Crippen molar-refractivity contribution >= 4 is 11.8 Å². The van der Waals surface area contributed by atoms with Gasteiger partial charge in [0.05, 0.1) is 0 Å². The fourth-order valence-corrected chi connectivity index (χ4v) is 6.06. The predicted octanol–water partition coefficient (Wildman–Crippen LogP) is 5.11. The van der Waals surface area contributed by atoms with E-state index in [0.717, 1.165) is 64.6 Å². The van der Waals surface area contributed by atoms with Crippen LogP contribution in [-0.4, -0.2) is 72.3 Å². The van der Waals surface area contributed by atoms with Gasteiger partial charge in [0.15, 0.2) is 0 Å². The maximum Gasteiger partial charge on any atom is 0.222 e. The van der Waals surface area contributed by atoms with Crippen molar-refractivity contribution in [3.05, 3.63) is 11.6 Å². The molecule has 4 aliphatic rings. The van der Waals surface area contributed by atoms with Crippen LogP contribution in [0, 0.1) is 17.3 Å². The van der Waals surface area contributed by atoms with E-state index in [0.29, 0.717) is 36.0 Å². The molecular weight excluding hydrogens is 410 g/mol. The Kier molecular flexibility index (Phi) is 9.84. The van der Waals surface area contributed by atoms with E-state index in [4.69, 9.17) is 0 Å². The number of piperazine rings is 1. The summed E-state index contributed by atoms with van der Waals surface area (Å²) >= 11 is 0. The van der Waals surface area contributed by atoms with Crippen LogP contribution in [0.3, 0.4) is 0 Å². The number of amides is 2. The largest absolute Gasteiger partial charge is 0.340 e. The van der Waals surface area contributed by atoms with Gasteiger partial charge >= 0.3 is 0 Å². The number of rotatable bonds is 13. The monoisotopic (exact) mass is 459 g/mol. The number of fused-ring (bicyclic) bond motifs is 1. The van der Waals surface area contributed by atoms with E-state index in [2.05, 4.69) is 48.5 Å². The first kappa shape index (κ1) is 26.2. The molecule has 0 spiro atoms. The third-order valence-electron chi connectivity index (χ3n) is 8.68. The SMILES string of the molecule is CCCCCCCC(=O)N1CCN(CCN(CC2=CCC3CC2C3(C)C)C(=O)CCC)CC1. The highest BCUT2D eigenvalue weighted by Gasteiger charge is 2.51. The quantitative estimate of drug-likeness (QED) is 0.284. The number of nitrogens with zero attached hydrogens (tertiary/aromatic N) is 3. The Hall–Kier alpha value is -1.36. The molecule has 3 aliphatic carbocycles. The molecule has 5 heteroatoms. The summed E-state index contributed by atoms with van der Waals surface area (Å²) in [5, 5.41) is 0. The summed E-state index contributed by atoms with van der Waals surface area (Å²) in [5.74, 6) is 2.12. The van der Waals surface area contributed by atoms with Gasteiger partial charge in [-0.1, -0.05) is 65.0 Å². The van der Waals surface area contributed by atoms with Gasteiger partial charge in [0.25, 0.3) is 0 Å². The predicted molar refractivity (Wildman–Crippen MR) is 136 cm³/mol. The smallest absolute Gasteiger partial charge is 0.222 e. The highest BCUT2D eigenvalue weighted by Crippen LogP contribution is 2.59. The topological polar surface area (TPSA) is 43.9 Å². The van der Waals surface area contributed by atoms with Gasteiger partial charge in [0.1, 0.15) is 0 Å². The van der Waals surface area contributed by atoms with Crippen LogP contribution in [-0.2, 0) is 9.59 Å². The molecule has 0 aromatic heterocycles. The Labute approximate surface area is 202 Å². The molecule has 2 amide bonds. The molecule has 2 fully saturated rings. The average Bonchev–Trinajstić information content (AvgIpc) is 2.81. The molecule has 4 rings (SSSR count). The molecule has 2 atom stereocenters. The normalized spacial score (nSPS) is 24.2. The lowest BCUT2D eigenvalue weighted by atomic mass is 9.49. The number of hydrogen-bond acceptors (Lipinski definition) is 3. The van der Waals surface area contributed by atoms with E-state index < -0.39 is 0 Å². The summed E-state index contributed by atoms with van der Waals surface area (Å²) in [4.78, 5) is 32.0. The molecule has 33 heavy (non-hydrogen) atoms. The number of carbonyl (C=O) groups is 2. The highest BCUT2D eigenvalue weighted by molar-refractivity contribution is 5.76. The highest BCUT2D eigenvalue weighted by atomic mass is 16.2. The molecule has 188 valence electrons. The summed E-state index contributed by atoms with van der Waals surface area (Å²) in [7, 11) is 0. The first-order valence-electron chi connectivity index (χ1n) is 13.8. The fourth-order valence-electron chi connectivity index (χ4n) is 6.06. The standard InChI is InChI=1S/C28H49N3O2/c1-5-7-8-9-10-12-27(33)30-18-15-29(16-19-30)17-20-31(26(32)11-6-2)22-23-13-14-24-21-25(23)28(24,3)4/h13,24-25H,5-12,14-22H2,1-4H3. The van der Waals surface area contributed by atoms with Crippen LogP contribution in [0.2, 0.25) is 0 Å². The van der Waals surface area contributed by atoms with Crippen LogP contribution < -0.4 is 0 Å². The molecule has 0 radical (unpaired) electrons. The molecule has 1 saturated carbocycles. The summed E-state index contributed by atoms with van der Waals surface area (Å²) in [6.45, 7) is 15.2. The molecule has 0 aromatic carbocycles. The molecule has 1 heterocycles. The van der Waals surface area contributed by atoms with Crippen molar-refractivity contribution in [2.45, 2.75) is 91.9 Å². The minimum Gasteiger partial charge on any atom is -0.340 e. The molecule has 5 nitrogen and oxygen atoms in total. The molecule has 1 aliphatic heterocycles. The van der Waals surface area contributed by atoms with E-state index in [1.54, 1.807) is 0 Å². The lowest BCUT2D eigenvalue weighted by molar-refractivity contribution is -0.133. The number of carbonyl (C=O) groups excluding carboxylic acids is 2. The first-order valence-corrected chi connectivity index (χ1v) is 13.8. The Morgan fingerprint density at radius 3 is 2.36 bits per heavy atom. The second-order valence-electron chi connectivity index (χ2n) is 11.3. The van der Waals surface area contributed by atoms with Crippen LogP contribution >= 0.6 is 0 Å². The summed E-state index contributed by atoms with van der Waals surface area (Å²) in [5.41, 5.74) is 1.91. The number of hydrogen-bond donors (Lipinski definition) is 0. The molecule has 0 aromatic rings. The minimum atomic E-state index is 0.300. The van der Waals surface area contributed by atoms with Gasteiger partial charge < -0.3 is 9.80 Å².